The molecule has 0 saturated carbocycles. The second-order valence-corrected chi connectivity index (χ2v) is 22.6. The molecule has 1 heteroatoms. The molecule has 0 heterocycles. The fourth-order valence-corrected chi connectivity index (χ4v) is 18.1. The Bertz CT molecular complexity index is 3300. The normalized spacial score (nSPS) is 14.6. The van der Waals surface area contributed by atoms with Crippen LogP contribution >= 0.6 is 0 Å². The Morgan fingerprint density at radius 1 is 0.231 bits per heavy atom. The van der Waals surface area contributed by atoms with E-state index >= 15 is 0 Å². The lowest BCUT2D eigenvalue weighted by Crippen LogP contribution is -2.75. The minimum absolute atomic E-state index is 0.452. The lowest BCUT2D eigenvalue weighted by Gasteiger charge is -2.37. The first kappa shape index (κ1) is 36.9. The van der Waals surface area contributed by atoms with Gasteiger partial charge in [-0.05, 0) is 124 Å². The molecule has 65 heavy (non-hydrogen) atoms. The summed E-state index contributed by atoms with van der Waals surface area (Å²) in [6, 6.07) is 89.5. The SMILES string of the molecule is Cc1ccc2c(c1)C1(c3ccccc3-c3ccccc31)c1cc([Si](c3ccccc3)(c3ccccc3)c3ccc4c(c3)C3(c5ccccc5-c5ccccc53)c3cc(C)ccc3-4)ccc1-2. The third-order valence-electron chi connectivity index (χ3n) is 15.8. The van der Waals surface area contributed by atoms with E-state index in [1.165, 1.54) is 121 Å². The van der Waals surface area contributed by atoms with Crippen LogP contribution in [0.15, 0.2) is 231 Å². The van der Waals surface area contributed by atoms with Crippen LogP contribution < -0.4 is 20.7 Å². The first-order valence-corrected chi connectivity index (χ1v) is 25.1. The molecule has 0 N–H and O–H groups in total. The third kappa shape index (κ3) is 4.51. The van der Waals surface area contributed by atoms with Crippen molar-refractivity contribution in [2.75, 3.05) is 0 Å². The molecular weight excluding hydrogens is 797 g/mol. The maximum atomic E-state index is 2.68. The van der Waals surface area contributed by atoms with Gasteiger partial charge in [-0.15, -0.1) is 0 Å². The minimum Gasteiger partial charge on any atom is -0.0623 e. The van der Waals surface area contributed by atoms with E-state index in [1.54, 1.807) is 0 Å². The van der Waals surface area contributed by atoms with Crippen LogP contribution in [0.5, 0.6) is 0 Å². The predicted octanol–water partition coefficient (Wildman–Crippen LogP) is 12.4. The molecule has 4 aliphatic carbocycles. The first-order valence-electron chi connectivity index (χ1n) is 23.1. The average molecular weight is 841 g/mol. The zero-order valence-corrected chi connectivity index (χ0v) is 37.4. The molecule has 0 fully saturated rings. The van der Waals surface area contributed by atoms with E-state index in [-0.39, 0.29) is 0 Å². The Hall–Kier alpha value is -7.58. The molecule has 0 nitrogen and oxygen atoms in total. The van der Waals surface area contributed by atoms with E-state index in [4.69, 9.17) is 0 Å². The van der Waals surface area contributed by atoms with Crippen molar-refractivity contribution >= 4 is 28.8 Å². The summed E-state index contributed by atoms with van der Waals surface area (Å²) in [6.07, 6.45) is 0. The van der Waals surface area contributed by atoms with Gasteiger partial charge in [0.25, 0.3) is 0 Å². The molecule has 10 aromatic carbocycles. The van der Waals surface area contributed by atoms with Crippen LogP contribution in [0.3, 0.4) is 0 Å². The van der Waals surface area contributed by atoms with Crippen molar-refractivity contribution < 1.29 is 0 Å². The summed E-state index contributed by atoms with van der Waals surface area (Å²) in [7, 11) is -3.12. The maximum absolute atomic E-state index is 3.12. The van der Waals surface area contributed by atoms with Crippen LogP contribution in [0.4, 0.5) is 0 Å². The fourth-order valence-electron chi connectivity index (χ4n) is 13.3. The lowest BCUT2D eigenvalue weighted by molar-refractivity contribution is 0.793. The van der Waals surface area contributed by atoms with Crippen LogP contribution in [-0.2, 0) is 10.8 Å². The quantitative estimate of drug-likeness (QED) is 0.122. The van der Waals surface area contributed by atoms with Crippen molar-refractivity contribution in [3.05, 3.63) is 286 Å². The topological polar surface area (TPSA) is 0 Å². The van der Waals surface area contributed by atoms with Crippen molar-refractivity contribution in [3.63, 3.8) is 0 Å². The fraction of sp³-hybridized carbons (Fsp3) is 0.0625. The molecule has 10 aromatic rings. The van der Waals surface area contributed by atoms with Crippen LogP contribution in [0.2, 0.25) is 0 Å². The number of rotatable bonds is 4. The van der Waals surface area contributed by atoms with Gasteiger partial charge in [-0.1, -0.05) is 242 Å². The monoisotopic (exact) mass is 840 g/mol. The van der Waals surface area contributed by atoms with Gasteiger partial charge in [-0.2, -0.15) is 0 Å². The van der Waals surface area contributed by atoms with Crippen LogP contribution in [0.25, 0.3) is 44.5 Å². The van der Waals surface area contributed by atoms with Crippen molar-refractivity contribution in [1.29, 1.82) is 0 Å². The highest BCUT2D eigenvalue weighted by Crippen LogP contribution is 2.64. The molecule has 2 spiro atoms. The number of hydrogen-bond donors (Lipinski definition) is 0. The molecule has 0 aromatic heterocycles. The maximum Gasteiger partial charge on any atom is 0.179 e. The highest BCUT2D eigenvalue weighted by atomic mass is 28.3. The third-order valence-corrected chi connectivity index (χ3v) is 20.5. The Kier molecular flexibility index (Phi) is 7.50. The molecule has 14 rings (SSSR count). The van der Waals surface area contributed by atoms with Gasteiger partial charge in [-0.3, -0.25) is 0 Å². The summed E-state index contributed by atoms with van der Waals surface area (Å²) < 4.78 is 0. The van der Waals surface area contributed by atoms with E-state index in [2.05, 4.69) is 244 Å². The van der Waals surface area contributed by atoms with Crippen LogP contribution in [-0.4, -0.2) is 8.07 Å². The second kappa shape index (κ2) is 13.2. The Labute approximate surface area is 382 Å². The first-order chi connectivity index (χ1) is 32.0. The van der Waals surface area contributed by atoms with Crippen LogP contribution in [0, 0.1) is 13.8 Å². The summed E-state index contributed by atoms with van der Waals surface area (Å²) in [4.78, 5) is 0. The second-order valence-electron chi connectivity index (χ2n) is 18.8. The molecule has 4 aliphatic rings. The Morgan fingerprint density at radius 3 is 0.862 bits per heavy atom. The molecule has 0 radical (unpaired) electrons. The number of aryl methyl sites for hydroxylation is 2. The van der Waals surface area contributed by atoms with Gasteiger partial charge in [0.2, 0.25) is 0 Å². The highest BCUT2D eigenvalue weighted by molar-refractivity contribution is 7.20. The van der Waals surface area contributed by atoms with Gasteiger partial charge in [0.15, 0.2) is 8.07 Å². The summed E-state index contributed by atoms with van der Waals surface area (Å²) in [5.41, 5.74) is 23.4. The summed E-state index contributed by atoms with van der Waals surface area (Å²) >= 11 is 0. The highest BCUT2D eigenvalue weighted by Gasteiger charge is 2.55. The van der Waals surface area contributed by atoms with Crippen molar-refractivity contribution in [1.82, 2.24) is 0 Å². The van der Waals surface area contributed by atoms with E-state index in [0.29, 0.717) is 0 Å². The zero-order chi connectivity index (χ0) is 43.1. The molecule has 0 aliphatic heterocycles. The molecule has 0 unspecified atom stereocenters. The van der Waals surface area contributed by atoms with Crippen molar-refractivity contribution in [2.45, 2.75) is 24.7 Å². The number of fused-ring (bicyclic) bond motifs is 20. The molecule has 304 valence electrons. The molecule has 0 bridgehead atoms. The van der Waals surface area contributed by atoms with E-state index in [1.807, 2.05) is 0 Å². The van der Waals surface area contributed by atoms with E-state index in [0.717, 1.165) is 0 Å². The largest absolute Gasteiger partial charge is 0.179 e. The summed E-state index contributed by atoms with van der Waals surface area (Å²) in [6.45, 7) is 4.50. The Morgan fingerprint density at radius 2 is 0.508 bits per heavy atom. The zero-order valence-electron chi connectivity index (χ0n) is 36.4. The molecule has 0 atom stereocenters. The van der Waals surface area contributed by atoms with Crippen LogP contribution in [0.1, 0.15) is 55.6 Å². The summed E-state index contributed by atoms with van der Waals surface area (Å²) in [5.74, 6) is 0. The van der Waals surface area contributed by atoms with Gasteiger partial charge >= 0.3 is 0 Å². The lowest BCUT2D eigenvalue weighted by atomic mass is 9.70. The standard InChI is InChI=1S/C64H44Si/c1-41-29-33-51-53-35-31-45(39-61(53)63(59(51)37-41)55-25-13-9-21-47(55)48-22-10-14-26-56(48)63)65(43-17-5-3-6-18-43,44-19-7-4-8-20-44)46-32-36-54-52-34-30-42(2)38-60(52)64(62(54)40-46)57-27-15-11-23-49(57)50-24-12-16-28-58(50)64/h3-40H,1-2H3. The predicted molar refractivity (Wildman–Crippen MR) is 272 cm³/mol. The molecular formula is C64H44Si. The average Bonchev–Trinajstić information content (AvgIpc) is 4.03. The van der Waals surface area contributed by atoms with Gasteiger partial charge in [0.1, 0.15) is 0 Å². The van der Waals surface area contributed by atoms with E-state index in [9.17, 15) is 0 Å². The van der Waals surface area contributed by atoms with Gasteiger partial charge in [-0.25, -0.2) is 0 Å². The number of hydrogen-bond acceptors (Lipinski definition) is 0. The molecule has 0 amide bonds. The smallest absolute Gasteiger partial charge is 0.0623 e. The summed E-state index contributed by atoms with van der Waals surface area (Å²) in [5, 5.41) is 5.55. The Balaban J connectivity index is 1.11. The minimum atomic E-state index is -3.12. The van der Waals surface area contributed by atoms with Gasteiger partial charge in [0, 0.05) is 0 Å². The molecule has 0 saturated heterocycles. The van der Waals surface area contributed by atoms with Gasteiger partial charge in [0.05, 0.1) is 10.8 Å². The van der Waals surface area contributed by atoms with Gasteiger partial charge < -0.3 is 0 Å². The number of benzene rings is 10. The van der Waals surface area contributed by atoms with Crippen molar-refractivity contribution in [3.8, 4) is 44.5 Å². The van der Waals surface area contributed by atoms with Crippen molar-refractivity contribution in [2.24, 2.45) is 0 Å². The van der Waals surface area contributed by atoms with E-state index < -0.39 is 18.9 Å².